The van der Waals surface area contributed by atoms with Gasteiger partial charge in [0.1, 0.15) is 0 Å². The molecule has 0 saturated carbocycles. The van der Waals surface area contributed by atoms with Crippen molar-refractivity contribution in [2.45, 2.75) is 109 Å². The van der Waals surface area contributed by atoms with Crippen molar-refractivity contribution in [3.05, 3.63) is 12.2 Å². The van der Waals surface area contributed by atoms with Gasteiger partial charge in [-0.1, -0.05) is 76.9 Å². The summed E-state index contributed by atoms with van der Waals surface area (Å²) in [4.78, 5) is 10.9. The lowest BCUT2D eigenvalue weighted by Gasteiger charge is -2.07. The Kier molecular flexibility index (Phi) is 17.9. The van der Waals surface area contributed by atoms with Crippen LogP contribution in [0.15, 0.2) is 12.2 Å². The average Bonchev–Trinajstić information content (AvgIpc) is 2.59. The van der Waals surface area contributed by atoms with Gasteiger partial charge in [-0.3, -0.25) is 4.79 Å². The Bertz CT molecular complexity index is 299. The van der Waals surface area contributed by atoms with Crippen LogP contribution in [0.4, 0.5) is 0 Å². The first-order chi connectivity index (χ1) is 11.7. The van der Waals surface area contributed by atoms with E-state index in [2.05, 4.69) is 23.8 Å². The third kappa shape index (κ3) is 17.5. The fraction of sp³-hybridized carbons (Fsp3) is 0.857. The molecule has 0 unspecified atom stereocenters. The predicted molar refractivity (Wildman–Crippen MR) is 102 cm³/mol. The second-order valence-electron chi connectivity index (χ2n) is 6.80. The number of hydrogen-bond acceptors (Lipinski definition) is 3. The van der Waals surface area contributed by atoms with Crippen LogP contribution in [0.1, 0.15) is 103 Å². The van der Waals surface area contributed by atoms with Crippen molar-refractivity contribution >= 4 is 5.97 Å². The molecule has 0 amide bonds. The van der Waals surface area contributed by atoms with Gasteiger partial charge in [-0.2, -0.15) is 0 Å². The molecule has 0 aromatic carbocycles. The summed E-state index contributed by atoms with van der Waals surface area (Å²) in [6, 6.07) is 0. The van der Waals surface area contributed by atoms with Gasteiger partial charge < -0.3 is 9.84 Å². The number of rotatable bonds is 17. The molecule has 3 heteroatoms. The molecule has 0 aliphatic rings. The normalized spacial score (nSPS) is 12.6. The van der Waals surface area contributed by atoms with E-state index >= 15 is 0 Å². The molecule has 0 fully saturated rings. The van der Waals surface area contributed by atoms with Gasteiger partial charge >= 0.3 is 5.97 Å². The Balaban J connectivity index is 3.24. The minimum atomic E-state index is -0.150. The first-order valence-corrected chi connectivity index (χ1v) is 10.1. The molecule has 0 radical (unpaired) electrons. The van der Waals surface area contributed by atoms with Gasteiger partial charge in [-0.05, 0) is 32.1 Å². The van der Waals surface area contributed by atoms with Crippen molar-refractivity contribution in [1.29, 1.82) is 0 Å². The Morgan fingerprint density at radius 2 is 1.54 bits per heavy atom. The second-order valence-corrected chi connectivity index (χ2v) is 6.80. The molecule has 0 spiro atoms. The highest BCUT2D eigenvalue weighted by atomic mass is 16.5. The summed E-state index contributed by atoms with van der Waals surface area (Å²) in [5.74, 6) is -0.0899. The molecule has 1 N–H and O–H groups in total. The standard InChI is InChI=1S/C21H40O3/c1-3-4-5-14-17-20(22)18-15-12-10-8-6-7-9-11-13-16-19-21(23)24-2/h12,15,20,22H,3-11,13-14,16-19H2,1-2H3/b15-12-/t20-/m0/s1. The number of unbranched alkanes of at least 4 members (excludes halogenated alkanes) is 10. The molecule has 0 bridgehead atoms. The molecule has 0 aromatic rings. The highest BCUT2D eigenvalue weighted by Crippen LogP contribution is 2.11. The van der Waals surface area contributed by atoms with Crippen LogP contribution < -0.4 is 0 Å². The van der Waals surface area contributed by atoms with Crippen LogP contribution in [0.3, 0.4) is 0 Å². The predicted octanol–water partition coefficient (Wildman–Crippen LogP) is 5.95. The molecule has 3 nitrogen and oxygen atoms in total. The van der Waals surface area contributed by atoms with E-state index in [0.29, 0.717) is 6.42 Å². The quantitative estimate of drug-likeness (QED) is 0.202. The average molecular weight is 341 g/mol. The molecular weight excluding hydrogens is 300 g/mol. The summed E-state index contributed by atoms with van der Waals surface area (Å²) in [5.41, 5.74) is 0. The number of esters is 1. The molecule has 142 valence electrons. The fourth-order valence-corrected chi connectivity index (χ4v) is 2.81. The van der Waals surface area contributed by atoms with Crippen molar-refractivity contribution in [1.82, 2.24) is 0 Å². The lowest BCUT2D eigenvalue weighted by molar-refractivity contribution is -0.140. The zero-order valence-corrected chi connectivity index (χ0v) is 16.1. The van der Waals surface area contributed by atoms with Gasteiger partial charge in [-0.25, -0.2) is 0 Å². The lowest BCUT2D eigenvalue weighted by atomic mass is 10.1. The summed E-state index contributed by atoms with van der Waals surface area (Å²) >= 11 is 0. The largest absolute Gasteiger partial charge is 0.469 e. The minimum Gasteiger partial charge on any atom is -0.469 e. The second kappa shape index (κ2) is 18.5. The topological polar surface area (TPSA) is 46.5 Å². The van der Waals surface area contributed by atoms with E-state index in [0.717, 1.165) is 38.5 Å². The van der Waals surface area contributed by atoms with E-state index in [1.54, 1.807) is 0 Å². The van der Waals surface area contributed by atoms with Crippen LogP contribution in [0.25, 0.3) is 0 Å². The van der Waals surface area contributed by atoms with E-state index in [1.807, 2.05) is 0 Å². The Morgan fingerprint density at radius 3 is 2.21 bits per heavy atom. The molecule has 0 aliphatic carbocycles. The van der Waals surface area contributed by atoms with Crippen molar-refractivity contribution in [3.63, 3.8) is 0 Å². The summed E-state index contributed by atoms with van der Waals surface area (Å²) < 4.78 is 4.62. The van der Waals surface area contributed by atoms with Gasteiger partial charge in [0.05, 0.1) is 13.2 Å². The number of ether oxygens (including phenoxy) is 1. The van der Waals surface area contributed by atoms with E-state index in [1.165, 1.54) is 58.5 Å². The Hall–Kier alpha value is -0.830. The SMILES string of the molecule is CCCCCC[C@H](O)C/C=C\CCCCCCCCCC(=O)OC. The third-order valence-corrected chi connectivity index (χ3v) is 4.45. The van der Waals surface area contributed by atoms with Gasteiger partial charge in [0, 0.05) is 6.42 Å². The number of carbonyl (C=O) groups excluding carboxylic acids is 1. The van der Waals surface area contributed by atoms with Crippen molar-refractivity contribution in [2.75, 3.05) is 7.11 Å². The first-order valence-electron chi connectivity index (χ1n) is 10.1. The summed E-state index contributed by atoms with van der Waals surface area (Å²) in [5, 5.41) is 9.86. The number of aliphatic hydroxyl groups is 1. The van der Waals surface area contributed by atoms with Gasteiger partial charge in [0.25, 0.3) is 0 Å². The van der Waals surface area contributed by atoms with Crippen LogP contribution in [0.2, 0.25) is 0 Å². The van der Waals surface area contributed by atoms with E-state index < -0.39 is 0 Å². The maximum atomic E-state index is 10.9. The molecule has 0 heterocycles. The van der Waals surface area contributed by atoms with Crippen LogP contribution in [0, 0.1) is 0 Å². The van der Waals surface area contributed by atoms with E-state index in [9.17, 15) is 9.90 Å². The molecular formula is C21H40O3. The molecule has 24 heavy (non-hydrogen) atoms. The van der Waals surface area contributed by atoms with Gasteiger partial charge in [0.2, 0.25) is 0 Å². The summed E-state index contributed by atoms with van der Waals surface area (Å²) in [6.45, 7) is 2.21. The molecule has 1 atom stereocenters. The molecule has 0 saturated heterocycles. The highest BCUT2D eigenvalue weighted by Gasteiger charge is 2.01. The van der Waals surface area contributed by atoms with Gasteiger partial charge in [-0.15, -0.1) is 0 Å². The number of allylic oxidation sites excluding steroid dienone is 1. The van der Waals surface area contributed by atoms with E-state index in [4.69, 9.17) is 0 Å². The van der Waals surface area contributed by atoms with Crippen LogP contribution in [-0.2, 0) is 9.53 Å². The van der Waals surface area contributed by atoms with Gasteiger partial charge in [0.15, 0.2) is 0 Å². The zero-order chi connectivity index (χ0) is 17.9. The Labute approximate surface area is 149 Å². The minimum absolute atomic E-state index is 0.0899. The number of hydrogen-bond donors (Lipinski definition) is 1. The lowest BCUT2D eigenvalue weighted by Crippen LogP contribution is -2.04. The number of aliphatic hydroxyl groups excluding tert-OH is 1. The van der Waals surface area contributed by atoms with Crippen LogP contribution >= 0.6 is 0 Å². The summed E-state index contributed by atoms with van der Waals surface area (Å²) in [6.07, 6.45) is 21.0. The molecule has 0 aromatic heterocycles. The highest BCUT2D eigenvalue weighted by molar-refractivity contribution is 5.68. The third-order valence-electron chi connectivity index (χ3n) is 4.45. The zero-order valence-electron chi connectivity index (χ0n) is 16.1. The monoisotopic (exact) mass is 340 g/mol. The Morgan fingerprint density at radius 1 is 0.917 bits per heavy atom. The van der Waals surface area contributed by atoms with Crippen molar-refractivity contribution < 1.29 is 14.6 Å². The summed E-state index contributed by atoms with van der Waals surface area (Å²) in [7, 11) is 1.45. The molecule has 0 aliphatic heterocycles. The number of carbonyl (C=O) groups is 1. The first kappa shape index (κ1) is 23.2. The van der Waals surface area contributed by atoms with E-state index in [-0.39, 0.29) is 12.1 Å². The van der Waals surface area contributed by atoms with Crippen molar-refractivity contribution in [3.8, 4) is 0 Å². The maximum absolute atomic E-state index is 10.9. The number of methoxy groups -OCH3 is 1. The van der Waals surface area contributed by atoms with Crippen LogP contribution in [0.5, 0.6) is 0 Å². The van der Waals surface area contributed by atoms with Crippen LogP contribution in [-0.4, -0.2) is 24.3 Å². The fourth-order valence-electron chi connectivity index (χ4n) is 2.81. The smallest absolute Gasteiger partial charge is 0.305 e. The maximum Gasteiger partial charge on any atom is 0.305 e. The molecule has 0 rings (SSSR count). The van der Waals surface area contributed by atoms with Crippen molar-refractivity contribution in [2.24, 2.45) is 0 Å².